The highest BCUT2D eigenvalue weighted by Crippen LogP contribution is 2.32. The molecule has 1 saturated carbocycles. The van der Waals surface area contributed by atoms with Crippen LogP contribution < -0.4 is 0 Å². The highest BCUT2D eigenvalue weighted by Gasteiger charge is 2.28. The SMILES string of the molecule is O=C1CCCCCC1c1nc(-c2cc(Br)cs2)no1. The molecule has 4 nitrogen and oxygen atoms in total. The van der Waals surface area contributed by atoms with Crippen LogP contribution in [0.5, 0.6) is 0 Å². The molecule has 6 heteroatoms. The quantitative estimate of drug-likeness (QED) is 0.769. The van der Waals surface area contributed by atoms with E-state index in [-0.39, 0.29) is 11.7 Å². The van der Waals surface area contributed by atoms with Crippen molar-refractivity contribution in [3.63, 3.8) is 0 Å². The number of carbonyl (C=O) groups is 1. The van der Waals surface area contributed by atoms with Crippen LogP contribution in [0.25, 0.3) is 10.7 Å². The largest absolute Gasteiger partial charge is 0.338 e. The summed E-state index contributed by atoms with van der Waals surface area (Å²) in [7, 11) is 0. The molecular formula is C13H13BrN2O2S. The predicted molar refractivity (Wildman–Crippen MR) is 76.1 cm³/mol. The van der Waals surface area contributed by atoms with Crippen molar-refractivity contribution in [2.45, 2.75) is 38.0 Å². The molecule has 0 bridgehead atoms. The van der Waals surface area contributed by atoms with Crippen molar-refractivity contribution in [2.24, 2.45) is 0 Å². The number of Topliss-reactive ketones (excluding diaryl/α,β-unsaturated/α-hetero) is 1. The van der Waals surface area contributed by atoms with Gasteiger partial charge in [-0.2, -0.15) is 4.98 Å². The van der Waals surface area contributed by atoms with Gasteiger partial charge >= 0.3 is 0 Å². The van der Waals surface area contributed by atoms with Gasteiger partial charge in [0, 0.05) is 16.3 Å². The summed E-state index contributed by atoms with van der Waals surface area (Å²) in [6.07, 6.45) is 4.61. The number of nitrogens with zero attached hydrogens (tertiary/aromatic N) is 2. The number of hydrogen-bond donors (Lipinski definition) is 0. The van der Waals surface area contributed by atoms with Gasteiger partial charge < -0.3 is 4.52 Å². The summed E-state index contributed by atoms with van der Waals surface area (Å²) in [5.74, 6) is 1.08. The zero-order valence-electron chi connectivity index (χ0n) is 10.3. The molecule has 1 fully saturated rings. The Morgan fingerprint density at radius 3 is 3.05 bits per heavy atom. The molecule has 0 N–H and O–H groups in total. The minimum Gasteiger partial charge on any atom is -0.338 e. The maximum absolute atomic E-state index is 12.0. The van der Waals surface area contributed by atoms with Crippen molar-refractivity contribution in [1.82, 2.24) is 10.1 Å². The van der Waals surface area contributed by atoms with Crippen LogP contribution in [-0.4, -0.2) is 15.9 Å². The van der Waals surface area contributed by atoms with Gasteiger partial charge in [-0.15, -0.1) is 11.3 Å². The van der Waals surface area contributed by atoms with E-state index < -0.39 is 0 Å². The summed E-state index contributed by atoms with van der Waals surface area (Å²) in [6, 6.07) is 1.95. The number of carbonyl (C=O) groups excluding carboxylic acids is 1. The van der Waals surface area contributed by atoms with Crippen molar-refractivity contribution < 1.29 is 9.32 Å². The summed E-state index contributed by atoms with van der Waals surface area (Å²) < 4.78 is 6.31. The molecule has 3 rings (SSSR count). The smallest absolute Gasteiger partial charge is 0.237 e. The Bertz CT molecular complexity index is 593. The van der Waals surface area contributed by atoms with Gasteiger partial charge in [0.05, 0.1) is 10.8 Å². The van der Waals surface area contributed by atoms with E-state index in [1.807, 2.05) is 11.4 Å². The van der Waals surface area contributed by atoms with Crippen LogP contribution in [0.1, 0.15) is 43.9 Å². The zero-order valence-corrected chi connectivity index (χ0v) is 12.7. The average Bonchev–Trinajstić information content (AvgIpc) is 2.97. The van der Waals surface area contributed by atoms with E-state index >= 15 is 0 Å². The number of aromatic nitrogens is 2. The van der Waals surface area contributed by atoms with Crippen LogP contribution in [0.4, 0.5) is 0 Å². The first-order valence-electron chi connectivity index (χ1n) is 6.35. The Balaban J connectivity index is 1.86. The Morgan fingerprint density at radius 2 is 2.26 bits per heavy atom. The van der Waals surface area contributed by atoms with Gasteiger partial charge in [-0.05, 0) is 34.8 Å². The topological polar surface area (TPSA) is 56.0 Å². The van der Waals surface area contributed by atoms with Crippen LogP contribution in [0, 0.1) is 0 Å². The van der Waals surface area contributed by atoms with E-state index in [4.69, 9.17) is 4.52 Å². The normalized spacial score (nSPS) is 20.5. The first-order chi connectivity index (χ1) is 9.24. The van der Waals surface area contributed by atoms with E-state index in [0.717, 1.165) is 35.0 Å². The molecule has 1 atom stereocenters. The molecule has 0 amide bonds. The molecule has 2 heterocycles. The molecule has 0 spiro atoms. The molecule has 1 unspecified atom stereocenters. The van der Waals surface area contributed by atoms with Crippen molar-refractivity contribution in [1.29, 1.82) is 0 Å². The first-order valence-corrected chi connectivity index (χ1v) is 8.02. The summed E-state index contributed by atoms with van der Waals surface area (Å²) in [4.78, 5) is 17.4. The van der Waals surface area contributed by atoms with Crippen LogP contribution in [0.15, 0.2) is 20.4 Å². The monoisotopic (exact) mass is 340 g/mol. The lowest BCUT2D eigenvalue weighted by Gasteiger charge is -2.06. The summed E-state index contributed by atoms with van der Waals surface area (Å²) in [5.41, 5.74) is 0. The minimum absolute atomic E-state index is 0.202. The van der Waals surface area contributed by atoms with Gasteiger partial charge in [-0.1, -0.05) is 18.0 Å². The average molecular weight is 341 g/mol. The third kappa shape index (κ3) is 2.79. The van der Waals surface area contributed by atoms with Crippen LogP contribution >= 0.6 is 27.3 Å². The minimum atomic E-state index is -0.202. The van der Waals surface area contributed by atoms with E-state index in [9.17, 15) is 4.79 Å². The van der Waals surface area contributed by atoms with Crippen LogP contribution in [0.3, 0.4) is 0 Å². The second-order valence-corrected chi connectivity index (χ2v) is 6.53. The lowest BCUT2D eigenvalue weighted by Crippen LogP contribution is -2.10. The van der Waals surface area contributed by atoms with Gasteiger partial charge in [-0.3, -0.25) is 4.79 Å². The Kier molecular flexibility index (Phi) is 3.79. The molecule has 19 heavy (non-hydrogen) atoms. The lowest BCUT2D eigenvalue weighted by atomic mass is 9.99. The fraction of sp³-hybridized carbons (Fsp3) is 0.462. The standard InChI is InChI=1S/C13H13BrN2O2S/c14-8-6-11(19-7-8)12-15-13(18-16-12)9-4-2-1-3-5-10(9)17/h6-7,9H,1-5H2. The second kappa shape index (κ2) is 5.54. The lowest BCUT2D eigenvalue weighted by molar-refractivity contribution is -0.120. The molecule has 2 aromatic rings. The molecule has 0 aromatic carbocycles. The maximum Gasteiger partial charge on any atom is 0.237 e. The van der Waals surface area contributed by atoms with E-state index in [2.05, 4.69) is 26.1 Å². The Hall–Kier alpha value is -1.01. The van der Waals surface area contributed by atoms with Gasteiger partial charge in [-0.25, -0.2) is 0 Å². The van der Waals surface area contributed by atoms with Crippen molar-refractivity contribution >= 4 is 33.0 Å². The van der Waals surface area contributed by atoms with E-state index in [0.29, 0.717) is 18.1 Å². The number of thiophene rings is 1. The molecule has 2 aromatic heterocycles. The highest BCUT2D eigenvalue weighted by molar-refractivity contribution is 9.10. The molecular weight excluding hydrogens is 328 g/mol. The van der Waals surface area contributed by atoms with Crippen molar-refractivity contribution in [3.05, 3.63) is 21.8 Å². The van der Waals surface area contributed by atoms with Crippen LogP contribution in [0.2, 0.25) is 0 Å². The Labute approximate surface area is 123 Å². The number of rotatable bonds is 2. The summed E-state index contributed by atoms with van der Waals surface area (Å²) >= 11 is 4.95. The summed E-state index contributed by atoms with van der Waals surface area (Å²) in [6.45, 7) is 0. The fourth-order valence-electron chi connectivity index (χ4n) is 2.33. The summed E-state index contributed by atoms with van der Waals surface area (Å²) in [5, 5.41) is 5.97. The van der Waals surface area contributed by atoms with Crippen molar-refractivity contribution in [3.8, 4) is 10.7 Å². The highest BCUT2D eigenvalue weighted by atomic mass is 79.9. The second-order valence-electron chi connectivity index (χ2n) is 4.70. The maximum atomic E-state index is 12.0. The first kappa shape index (κ1) is 13.0. The van der Waals surface area contributed by atoms with Crippen LogP contribution in [-0.2, 0) is 4.79 Å². The van der Waals surface area contributed by atoms with E-state index in [1.165, 1.54) is 0 Å². The molecule has 100 valence electrons. The van der Waals surface area contributed by atoms with Gasteiger partial charge in [0.15, 0.2) is 0 Å². The Morgan fingerprint density at radius 1 is 1.37 bits per heavy atom. The molecule has 1 aliphatic rings. The fourth-order valence-corrected chi connectivity index (χ4v) is 3.68. The van der Waals surface area contributed by atoms with Crippen molar-refractivity contribution in [2.75, 3.05) is 0 Å². The molecule has 0 saturated heterocycles. The number of hydrogen-bond acceptors (Lipinski definition) is 5. The number of halogens is 1. The van der Waals surface area contributed by atoms with E-state index in [1.54, 1.807) is 11.3 Å². The zero-order chi connectivity index (χ0) is 13.2. The third-order valence-corrected chi connectivity index (χ3v) is 5.02. The van der Waals surface area contributed by atoms with Gasteiger partial charge in [0.1, 0.15) is 5.78 Å². The molecule has 0 aliphatic heterocycles. The third-order valence-electron chi connectivity index (χ3n) is 3.33. The molecule has 0 radical (unpaired) electrons. The number of ketones is 1. The van der Waals surface area contributed by atoms with Gasteiger partial charge in [0.25, 0.3) is 0 Å². The van der Waals surface area contributed by atoms with Gasteiger partial charge in [0.2, 0.25) is 11.7 Å². The molecule has 1 aliphatic carbocycles. The predicted octanol–water partition coefficient (Wildman–Crippen LogP) is 4.18.